The van der Waals surface area contributed by atoms with E-state index in [1.165, 1.54) is 12.7 Å². The Kier molecular flexibility index (Phi) is 6.07. The maximum atomic E-state index is 12.0. The van der Waals surface area contributed by atoms with Gasteiger partial charge in [-0.1, -0.05) is 24.3 Å². The number of esters is 1. The van der Waals surface area contributed by atoms with Crippen LogP contribution >= 0.6 is 11.3 Å². The minimum absolute atomic E-state index is 0.0191. The van der Waals surface area contributed by atoms with Crippen molar-refractivity contribution in [2.45, 2.75) is 6.54 Å². The van der Waals surface area contributed by atoms with Gasteiger partial charge in [-0.2, -0.15) is 0 Å². The molecular weight excluding hydrogens is 460 g/mol. The molecule has 0 aliphatic rings. The number of rotatable bonds is 6. The van der Waals surface area contributed by atoms with Gasteiger partial charge in [0.25, 0.3) is 0 Å². The van der Waals surface area contributed by atoms with E-state index >= 15 is 0 Å². The molecule has 0 atom stereocenters. The average Bonchev–Trinajstić information content (AvgIpc) is 3.45. The van der Waals surface area contributed by atoms with E-state index < -0.39 is 5.97 Å². The second-order valence-corrected chi connectivity index (χ2v) is 9.39. The zero-order valence-electron chi connectivity index (χ0n) is 19.6. The molecule has 0 unspecified atom stereocenters. The van der Waals surface area contributed by atoms with Crippen LogP contribution in [0.5, 0.6) is 5.88 Å². The Morgan fingerprint density at radius 1 is 1.09 bits per heavy atom. The second kappa shape index (κ2) is 9.32. The Morgan fingerprint density at radius 3 is 2.60 bits per heavy atom. The Morgan fingerprint density at radius 2 is 1.86 bits per heavy atom. The topological polar surface area (TPSA) is 90.8 Å². The van der Waals surface area contributed by atoms with Gasteiger partial charge < -0.3 is 19.7 Å². The van der Waals surface area contributed by atoms with Crippen molar-refractivity contribution >= 4 is 49.8 Å². The number of benzene rings is 3. The van der Waals surface area contributed by atoms with Crippen LogP contribution in [0.4, 0.5) is 5.69 Å². The van der Waals surface area contributed by atoms with E-state index in [4.69, 9.17) is 9.73 Å². The first-order chi connectivity index (χ1) is 16.9. The van der Waals surface area contributed by atoms with E-state index in [1.807, 2.05) is 49.9 Å². The molecule has 5 rings (SSSR count). The number of fused-ring (bicyclic) bond motifs is 2. The van der Waals surface area contributed by atoms with Crippen LogP contribution in [0.25, 0.3) is 21.1 Å². The van der Waals surface area contributed by atoms with Gasteiger partial charge in [0.15, 0.2) is 5.88 Å². The molecule has 0 radical (unpaired) electrons. The minimum atomic E-state index is -0.440. The minimum Gasteiger partial charge on any atom is -0.494 e. The molecule has 2 N–H and O–H groups in total. The van der Waals surface area contributed by atoms with Crippen LogP contribution in [-0.4, -0.2) is 52.9 Å². The Hall–Kier alpha value is -4.01. The number of nitrogens with zero attached hydrogens (tertiary/aromatic N) is 3. The van der Waals surface area contributed by atoms with Gasteiger partial charge in [0.1, 0.15) is 0 Å². The molecule has 0 amide bonds. The molecule has 7 nitrogen and oxygen atoms in total. The molecule has 176 valence electrons. The quantitative estimate of drug-likeness (QED) is 0.245. The molecule has 8 heteroatoms. The molecule has 0 spiro atoms. The van der Waals surface area contributed by atoms with Crippen LogP contribution in [0, 0.1) is 0 Å². The number of thiazole rings is 1. The van der Waals surface area contributed by atoms with E-state index in [1.54, 1.807) is 29.5 Å². The number of aromatic nitrogens is 2. The zero-order valence-corrected chi connectivity index (χ0v) is 20.4. The van der Waals surface area contributed by atoms with Crippen molar-refractivity contribution in [1.29, 1.82) is 0 Å². The van der Waals surface area contributed by atoms with Crippen molar-refractivity contribution < 1.29 is 14.6 Å². The highest BCUT2D eigenvalue weighted by atomic mass is 32.1. The fourth-order valence-electron chi connectivity index (χ4n) is 4.11. The maximum Gasteiger partial charge on any atom is 0.337 e. The lowest BCUT2D eigenvalue weighted by Crippen LogP contribution is -2.10. The zero-order chi connectivity index (χ0) is 24.5. The third-order valence-electron chi connectivity index (χ3n) is 5.72. The third kappa shape index (κ3) is 4.53. The molecule has 0 aliphatic heterocycles. The number of aliphatic imine (C=N–C) groups is 1. The van der Waals surface area contributed by atoms with Crippen molar-refractivity contribution in [2.24, 2.45) is 4.99 Å². The lowest BCUT2D eigenvalue weighted by Gasteiger charge is -2.11. The summed E-state index contributed by atoms with van der Waals surface area (Å²) in [6, 6.07) is 19.2. The second-order valence-electron chi connectivity index (χ2n) is 8.50. The fourth-order valence-corrected chi connectivity index (χ4v) is 4.82. The number of hydrogen-bond donors (Lipinski definition) is 2. The summed E-state index contributed by atoms with van der Waals surface area (Å²) in [5.74, 6) is -0.459. The van der Waals surface area contributed by atoms with Gasteiger partial charge in [-0.3, -0.25) is 0 Å². The smallest absolute Gasteiger partial charge is 0.337 e. The molecule has 0 bridgehead atoms. The van der Waals surface area contributed by atoms with E-state index in [2.05, 4.69) is 27.0 Å². The van der Waals surface area contributed by atoms with E-state index in [9.17, 15) is 9.90 Å². The number of ether oxygens (including phenoxy) is 1. The molecule has 2 heterocycles. The van der Waals surface area contributed by atoms with Crippen LogP contribution in [0.1, 0.15) is 27.0 Å². The molecule has 2 aromatic heterocycles. The largest absolute Gasteiger partial charge is 0.494 e. The number of aromatic amines is 1. The van der Waals surface area contributed by atoms with Crippen molar-refractivity contribution in [3.63, 3.8) is 0 Å². The van der Waals surface area contributed by atoms with Crippen molar-refractivity contribution in [3.05, 3.63) is 88.4 Å². The standard InChI is InChI=1S/C27H24N4O3S/c1-31(2)14-16-4-8-19(9-5-16)29-25(17-7-11-21-23(13-17)35-15-28-21)24-20-10-6-18(27(33)34-3)12-22(20)30-26(24)32/h4-13,15,30,32H,14H2,1-3H3. The van der Waals surface area contributed by atoms with Gasteiger partial charge in [0.05, 0.1) is 45.4 Å². The lowest BCUT2D eigenvalue weighted by molar-refractivity contribution is 0.0601. The highest BCUT2D eigenvalue weighted by Gasteiger charge is 2.20. The van der Waals surface area contributed by atoms with Crippen LogP contribution in [0.2, 0.25) is 0 Å². The molecule has 0 saturated carbocycles. The van der Waals surface area contributed by atoms with Crippen LogP contribution in [-0.2, 0) is 11.3 Å². The predicted molar refractivity (Wildman–Crippen MR) is 140 cm³/mol. The number of H-pyrrole nitrogens is 1. The molecular formula is C27H24N4O3S. The van der Waals surface area contributed by atoms with E-state index in [0.717, 1.165) is 33.4 Å². The van der Waals surface area contributed by atoms with Gasteiger partial charge in [-0.05, 0) is 56.1 Å². The van der Waals surface area contributed by atoms with E-state index in [0.29, 0.717) is 22.4 Å². The number of aromatic hydroxyl groups is 1. The van der Waals surface area contributed by atoms with Crippen molar-refractivity contribution in [3.8, 4) is 5.88 Å². The number of hydrogen-bond acceptors (Lipinski definition) is 7. The van der Waals surface area contributed by atoms with Gasteiger partial charge >= 0.3 is 5.97 Å². The lowest BCUT2D eigenvalue weighted by atomic mass is 10.00. The molecule has 0 saturated heterocycles. The normalized spacial score (nSPS) is 12.1. The average molecular weight is 485 g/mol. The summed E-state index contributed by atoms with van der Waals surface area (Å²) in [5.41, 5.74) is 7.74. The maximum absolute atomic E-state index is 12.0. The molecule has 35 heavy (non-hydrogen) atoms. The molecule has 5 aromatic rings. The van der Waals surface area contributed by atoms with Gasteiger partial charge in [0, 0.05) is 23.0 Å². The first-order valence-electron chi connectivity index (χ1n) is 11.0. The Labute approximate surface area is 206 Å². The summed E-state index contributed by atoms with van der Waals surface area (Å²) in [6.07, 6.45) is 0. The van der Waals surface area contributed by atoms with Crippen molar-refractivity contribution in [2.75, 3.05) is 21.2 Å². The monoisotopic (exact) mass is 484 g/mol. The highest BCUT2D eigenvalue weighted by molar-refractivity contribution is 7.16. The van der Waals surface area contributed by atoms with Crippen molar-refractivity contribution in [1.82, 2.24) is 14.9 Å². The van der Waals surface area contributed by atoms with Crippen LogP contribution in [0.3, 0.4) is 0 Å². The Bertz CT molecular complexity index is 1560. The SMILES string of the molecule is COC(=O)c1ccc2c(C(=Nc3ccc(CN(C)C)cc3)c3ccc4ncsc4c3)c(O)[nH]c2c1. The first-order valence-corrected chi connectivity index (χ1v) is 11.9. The summed E-state index contributed by atoms with van der Waals surface area (Å²) in [6.45, 7) is 0.838. The number of methoxy groups -OCH3 is 1. The first kappa shape index (κ1) is 22.8. The summed E-state index contributed by atoms with van der Waals surface area (Å²) >= 11 is 1.55. The Balaban J connectivity index is 1.68. The summed E-state index contributed by atoms with van der Waals surface area (Å²) < 4.78 is 5.87. The fraction of sp³-hybridized carbons (Fsp3) is 0.148. The summed E-state index contributed by atoms with van der Waals surface area (Å²) in [7, 11) is 5.41. The highest BCUT2D eigenvalue weighted by Crippen LogP contribution is 2.33. The van der Waals surface area contributed by atoms with E-state index in [-0.39, 0.29) is 5.88 Å². The molecule has 0 aliphatic carbocycles. The van der Waals surface area contributed by atoms with Gasteiger partial charge in [-0.25, -0.2) is 14.8 Å². The van der Waals surface area contributed by atoms with Gasteiger partial charge in [0.2, 0.25) is 0 Å². The number of nitrogens with one attached hydrogen (secondary N) is 1. The molecule has 0 fully saturated rings. The summed E-state index contributed by atoms with van der Waals surface area (Å²) in [4.78, 5) is 26.5. The predicted octanol–water partition coefficient (Wildman–Crippen LogP) is 5.50. The van der Waals surface area contributed by atoms with Crippen LogP contribution < -0.4 is 0 Å². The third-order valence-corrected chi connectivity index (χ3v) is 6.51. The molecule has 3 aromatic carbocycles. The van der Waals surface area contributed by atoms with Crippen LogP contribution in [0.15, 0.2) is 71.2 Å². The van der Waals surface area contributed by atoms with Gasteiger partial charge in [-0.15, -0.1) is 11.3 Å². The number of carbonyl (C=O) groups is 1. The number of carbonyl (C=O) groups excluding carboxylic acids is 1. The summed E-state index contributed by atoms with van der Waals surface area (Å²) in [5, 5.41) is 11.7.